The number of benzene rings is 12. The molecular formula is C74H45NO3. The zero-order valence-corrected chi connectivity index (χ0v) is 42.2. The van der Waals surface area contributed by atoms with Crippen molar-refractivity contribution >= 4 is 39.0 Å². The maximum atomic E-state index is 6.78. The summed E-state index contributed by atoms with van der Waals surface area (Å²) in [6.07, 6.45) is 0. The molecule has 13 aromatic rings. The van der Waals surface area contributed by atoms with E-state index in [4.69, 9.17) is 13.9 Å². The summed E-state index contributed by atoms with van der Waals surface area (Å²) in [5.74, 6) is 3.49. The molecule has 4 aliphatic rings. The summed E-state index contributed by atoms with van der Waals surface area (Å²) < 4.78 is 20.1. The molecule has 0 radical (unpaired) electrons. The van der Waals surface area contributed by atoms with Gasteiger partial charge >= 0.3 is 0 Å². The van der Waals surface area contributed by atoms with Crippen LogP contribution in [0.4, 0.5) is 17.1 Å². The van der Waals surface area contributed by atoms with Crippen LogP contribution in [0, 0.1) is 0 Å². The highest BCUT2D eigenvalue weighted by atomic mass is 16.5. The third kappa shape index (κ3) is 5.73. The molecular weight excluding hydrogens is 951 g/mol. The van der Waals surface area contributed by atoms with Gasteiger partial charge in [-0.1, -0.05) is 206 Å². The molecule has 2 aliphatic carbocycles. The molecule has 4 nitrogen and oxygen atoms in total. The van der Waals surface area contributed by atoms with E-state index in [1.165, 1.54) is 44.5 Å². The van der Waals surface area contributed by atoms with Gasteiger partial charge in [-0.05, 0) is 122 Å². The topological polar surface area (TPSA) is 34.8 Å². The van der Waals surface area contributed by atoms with E-state index in [0.717, 1.165) is 107 Å². The minimum absolute atomic E-state index is 0.611. The molecule has 0 saturated carbocycles. The van der Waals surface area contributed by atoms with E-state index in [1.807, 2.05) is 6.07 Å². The number of hydrogen-bond acceptors (Lipinski definition) is 4. The Morgan fingerprint density at radius 1 is 0.269 bits per heavy atom. The van der Waals surface area contributed by atoms with Crippen molar-refractivity contribution in [2.45, 2.75) is 10.8 Å². The van der Waals surface area contributed by atoms with E-state index < -0.39 is 10.8 Å². The van der Waals surface area contributed by atoms with Gasteiger partial charge in [0.2, 0.25) is 0 Å². The van der Waals surface area contributed by atoms with Gasteiger partial charge in [-0.2, -0.15) is 0 Å². The number of para-hydroxylation sites is 7. The van der Waals surface area contributed by atoms with Gasteiger partial charge in [0.05, 0.1) is 16.5 Å². The van der Waals surface area contributed by atoms with Crippen molar-refractivity contribution in [2.24, 2.45) is 0 Å². The Kier molecular flexibility index (Phi) is 8.94. The zero-order chi connectivity index (χ0) is 51.1. The van der Waals surface area contributed by atoms with Crippen LogP contribution >= 0.6 is 0 Å². The van der Waals surface area contributed by atoms with Crippen molar-refractivity contribution in [1.29, 1.82) is 0 Å². The lowest BCUT2D eigenvalue weighted by Gasteiger charge is -2.40. The second kappa shape index (κ2) is 16.2. The lowest BCUT2D eigenvalue weighted by Crippen LogP contribution is -2.32. The first-order valence-corrected chi connectivity index (χ1v) is 26.8. The summed E-state index contributed by atoms with van der Waals surface area (Å²) in [4.78, 5) is 2.46. The number of hydrogen-bond donors (Lipinski definition) is 0. The van der Waals surface area contributed by atoms with Gasteiger partial charge < -0.3 is 18.8 Å². The fourth-order valence-corrected chi connectivity index (χ4v) is 14.1. The summed E-state index contributed by atoms with van der Waals surface area (Å²) in [6, 6.07) is 99.3. The molecule has 0 N–H and O–H groups in total. The Hall–Kier alpha value is -10.2. The lowest BCUT2D eigenvalue weighted by atomic mass is 9.66. The third-order valence-corrected chi connectivity index (χ3v) is 17.2. The summed E-state index contributed by atoms with van der Waals surface area (Å²) in [6.45, 7) is 0. The van der Waals surface area contributed by atoms with Crippen molar-refractivity contribution in [1.82, 2.24) is 0 Å². The molecule has 0 fully saturated rings. The van der Waals surface area contributed by atoms with Gasteiger partial charge in [-0.25, -0.2) is 0 Å². The quantitative estimate of drug-likeness (QED) is 0.172. The smallest absolute Gasteiger partial charge is 0.143 e. The summed E-state index contributed by atoms with van der Waals surface area (Å²) in [7, 11) is 0. The van der Waals surface area contributed by atoms with Crippen LogP contribution in [0.5, 0.6) is 23.0 Å². The predicted molar refractivity (Wildman–Crippen MR) is 314 cm³/mol. The second-order valence-electron chi connectivity index (χ2n) is 21.0. The molecule has 3 heterocycles. The predicted octanol–water partition coefficient (Wildman–Crippen LogP) is 19.3. The molecule has 4 heteroatoms. The molecule has 78 heavy (non-hydrogen) atoms. The molecule has 0 saturated heterocycles. The minimum atomic E-state index is -0.646. The van der Waals surface area contributed by atoms with Crippen molar-refractivity contribution < 1.29 is 13.9 Å². The molecule has 17 rings (SSSR count). The number of ether oxygens (including phenoxy) is 2. The first-order valence-electron chi connectivity index (χ1n) is 26.8. The van der Waals surface area contributed by atoms with E-state index in [1.54, 1.807) is 0 Å². The number of furan rings is 1. The summed E-state index contributed by atoms with van der Waals surface area (Å²) >= 11 is 0. The van der Waals surface area contributed by atoms with E-state index in [-0.39, 0.29) is 0 Å². The van der Waals surface area contributed by atoms with Crippen LogP contribution < -0.4 is 14.4 Å². The largest absolute Gasteiger partial charge is 0.457 e. The Morgan fingerprint density at radius 2 is 0.692 bits per heavy atom. The van der Waals surface area contributed by atoms with Gasteiger partial charge in [-0.3, -0.25) is 0 Å². The molecule has 0 unspecified atom stereocenters. The van der Waals surface area contributed by atoms with Crippen LogP contribution in [0.15, 0.2) is 277 Å². The van der Waals surface area contributed by atoms with Gasteiger partial charge in [0.1, 0.15) is 34.2 Å². The van der Waals surface area contributed by atoms with Crippen molar-refractivity contribution in [2.75, 3.05) is 4.90 Å². The van der Waals surface area contributed by atoms with E-state index >= 15 is 0 Å². The molecule has 364 valence electrons. The number of rotatable bonds is 5. The first kappa shape index (κ1) is 43.1. The van der Waals surface area contributed by atoms with Crippen molar-refractivity contribution in [3.63, 3.8) is 0 Å². The van der Waals surface area contributed by atoms with Crippen LogP contribution in [0.1, 0.15) is 44.5 Å². The molecule has 2 aliphatic heterocycles. The first-order chi connectivity index (χ1) is 38.7. The van der Waals surface area contributed by atoms with Crippen LogP contribution in [0.25, 0.3) is 66.4 Å². The van der Waals surface area contributed by atoms with Gasteiger partial charge in [0.25, 0.3) is 0 Å². The molecule has 12 aromatic carbocycles. The highest BCUT2D eigenvalue weighted by Crippen LogP contribution is 2.65. The SMILES string of the molecule is c1ccc2c(c1)Oc1ccccc1C21c2ccccc2-c2ccc(-c3ccccc3N(c3ccc(-c4cccc5c4oc4ccccc45)cc3)c3ccc4c(c3)C3(c5ccccc5Oc5ccccc53)c3ccccc3-4)cc21. The molecule has 0 amide bonds. The van der Waals surface area contributed by atoms with Crippen LogP contribution in [-0.4, -0.2) is 0 Å². The average molecular weight is 996 g/mol. The lowest BCUT2D eigenvalue weighted by molar-refractivity contribution is 0.436. The van der Waals surface area contributed by atoms with Crippen LogP contribution in [0.2, 0.25) is 0 Å². The van der Waals surface area contributed by atoms with Crippen LogP contribution in [-0.2, 0) is 10.8 Å². The highest BCUT2D eigenvalue weighted by molar-refractivity contribution is 6.09. The Morgan fingerprint density at radius 3 is 1.29 bits per heavy atom. The number of fused-ring (bicyclic) bond motifs is 21. The number of anilines is 3. The fraction of sp³-hybridized carbons (Fsp3) is 0.0270. The second-order valence-corrected chi connectivity index (χ2v) is 21.0. The molecule has 1 aromatic heterocycles. The number of nitrogens with zero attached hydrogens (tertiary/aromatic N) is 1. The maximum absolute atomic E-state index is 6.78. The highest BCUT2D eigenvalue weighted by Gasteiger charge is 2.53. The van der Waals surface area contributed by atoms with E-state index in [2.05, 4.69) is 272 Å². The fourth-order valence-electron chi connectivity index (χ4n) is 14.1. The zero-order valence-electron chi connectivity index (χ0n) is 42.2. The normalized spacial score (nSPS) is 14.1. The van der Waals surface area contributed by atoms with Gasteiger partial charge in [0.15, 0.2) is 0 Å². The van der Waals surface area contributed by atoms with E-state index in [9.17, 15) is 0 Å². The minimum Gasteiger partial charge on any atom is -0.457 e. The van der Waals surface area contributed by atoms with Crippen molar-refractivity contribution in [3.8, 4) is 67.5 Å². The van der Waals surface area contributed by atoms with Crippen molar-refractivity contribution in [3.05, 3.63) is 317 Å². The molecule has 0 bridgehead atoms. The summed E-state index contributed by atoms with van der Waals surface area (Å²) in [5.41, 5.74) is 22.4. The Labute approximate surface area is 451 Å². The standard InChI is InChI=1S/C74H45NO3/c1-5-24-58-52(19-1)54-42-38-47(44-64(54)73(58)60-26-7-13-32-68(60)76-69-33-14-8-27-61(69)73)50-18-3-11-30-66(50)75(48-39-36-46(37-40-48)51-22-17-23-57-56-21-4-12-31-67(56)78-72(51)57)49-41-43-55-53-20-2-6-25-59(53)74(65(55)45-49)62-28-9-15-34-70(62)77-71-35-16-10-29-63(71)74/h1-45H. The Balaban J connectivity index is 0.901. The monoisotopic (exact) mass is 995 g/mol. The maximum Gasteiger partial charge on any atom is 0.143 e. The average Bonchev–Trinajstić information content (AvgIpc) is 3.20. The Bertz CT molecular complexity index is 4570. The third-order valence-electron chi connectivity index (χ3n) is 17.2. The molecule has 0 atom stereocenters. The van der Waals surface area contributed by atoms with E-state index in [0.29, 0.717) is 0 Å². The van der Waals surface area contributed by atoms with Gasteiger partial charge in [-0.15, -0.1) is 0 Å². The van der Waals surface area contributed by atoms with Gasteiger partial charge in [0, 0.05) is 55.5 Å². The van der Waals surface area contributed by atoms with Crippen LogP contribution in [0.3, 0.4) is 0 Å². The molecule has 2 spiro atoms. The summed E-state index contributed by atoms with van der Waals surface area (Å²) in [5, 5.41) is 2.23.